The van der Waals surface area contributed by atoms with E-state index in [9.17, 15) is 9.50 Å². The number of halogens is 1. The van der Waals surface area contributed by atoms with Gasteiger partial charge >= 0.3 is 0 Å². The lowest BCUT2D eigenvalue weighted by Crippen LogP contribution is -2.11. The molecule has 0 aliphatic carbocycles. The molecule has 1 unspecified atom stereocenters. The average Bonchev–Trinajstić information content (AvgIpc) is 3.14. The van der Waals surface area contributed by atoms with Gasteiger partial charge in [-0.1, -0.05) is 17.8 Å². The molecule has 0 aliphatic rings. The Morgan fingerprint density at radius 1 is 1.28 bits per heavy atom. The number of aromatic nitrogens is 2. The smallest absolute Gasteiger partial charge is 0.174 e. The highest BCUT2D eigenvalue weighted by Crippen LogP contribution is 2.28. The maximum absolute atomic E-state index is 13.3. The summed E-state index contributed by atoms with van der Waals surface area (Å²) in [6, 6.07) is 9.86. The number of benzene rings is 2. The first kappa shape index (κ1) is 20.9. The zero-order valence-corrected chi connectivity index (χ0v) is 17.5. The topological polar surface area (TPSA) is 71.7 Å². The molecule has 6 nitrogen and oxygen atoms in total. The zero-order valence-electron chi connectivity index (χ0n) is 16.7. The van der Waals surface area contributed by atoms with Gasteiger partial charge in [-0.05, 0) is 56.0 Å². The van der Waals surface area contributed by atoms with E-state index in [0.29, 0.717) is 16.5 Å². The third kappa shape index (κ3) is 4.96. The van der Waals surface area contributed by atoms with Crippen LogP contribution >= 0.6 is 11.8 Å². The highest BCUT2D eigenvalue weighted by molar-refractivity contribution is 8.13. The number of hydrogen-bond acceptors (Lipinski definition) is 5. The fraction of sp³-hybridized carbons (Fsp3) is 0.238. The summed E-state index contributed by atoms with van der Waals surface area (Å²) in [5.74, 6) is 0.304. The maximum Gasteiger partial charge on any atom is 0.174 e. The van der Waals surface area contributed by atoms with Gasteiger partial charge in [0.2, 0.25) is 0 Å². The van der Waals surface area contributed by atoms with Crippen molar-refractivity contribution in [2.45, 2.75) is 20.1 Å². The minimum atomic E-state index is -1.09. The van der Waals surface area contributed by atoms with Gasteiger partial charge in [0.1, 0.15) is 11.6 Å². The molecule has 3 aromatic rings. The lowest BCUT2D eigenvalue weighted by atomic mass is 10.1. The first-order chi connectivity index (χ1) is 13.9. The number of imidazole rings is 1. The second-order valence-electron chi connectivity index (χ2n) is 6.45. The normalized spacial score (nSPS) is 12.7. The Morgan fingerprint density at radius 3 is 2.69 bits per heavy atom. The lowest BCUT2D eigenvalue weighted by Gasteiger charge is -2.15. The van der Waals surface area contributed by atoms with Crippen LogP contribution < -0.4 is 10.1 Å². The number of anilines is 1. The molecule has 0 saturated carbocycles. The van der Waals surface area contributed by atoms with E-state index >= 15 is 0 Å². The van der Waals surface area contributed by atoms with E-state index in [4.69, 9.17) is 4.74 Å². The predicted octanol–water partition coefficient (Wildman–Crippen LogP) is 4.46. The molecular formula is C21H23FN4O2S. The Balaban J connectivity index is 1.85. The minimum absolute atomic E-state index is 0.295. The molecule has 0 amide bonds. The average molecular weight is 415 g/mol. The molecule has 0 aliphatic heterocycles. The fourth-order valence-corrected chi connectivity index (χ4v) is 3.24. The fourth-order valence-electron chi connectivity index (χ4n) is 2.83. The number of ether oxygens (including phenoxy) is 1. The summed E-state index contributed by atoms with van der Waals surface area (Å²) in [5, 5.41) is 14.3. The number of aliphatic hydroxyl groups is 1. The molecule has 0 bridgehead atoms. The van der Waals surface area contributed by atoms with Gasteiger partial charge in [-0.15, -0.1) is 0 Å². The molecule has 3 rings (SSSR count). The van der Waals surface area contributed by atoms with E-state index in [-0.39, 0.29) is 5.82 Å². The summed E-state index contributed by atoms with van der Waals surface area (Å²) in [4.78, 5) is 8.59. The number of aliphatic hydroxyl groups excluding tert-OH is 1. The van der Waals surface area contributed by atoms with Gasteiger partial charge in [-0.3, -0.25) is 0 Å². The Hall–Kier alpha value is -2.84. The summed E-state index contributed by atoms with van der Waals surface area (Å²) < 4.78 is 20.7. The summed E-state index contributed by atoms with van der Waals surface area (Å²) in [5.41, 5.74) is 3.79. The highest BCUT2D eigenvalue weighted by atomic mass is 32.2. The standard InChI is InChI=1S/C21H23FN4O2S/c1-13-9-16(22)6-7-17(13)24-21(29-4)25-20(27)15-5-8-18(19(10-15)28-3)26-11-14(2)23-12-26/h5-12,20,27H,1-4H3,(H,24,25). The molecule has 2 aromatic carbocycles. The van der Waals surface area contributed by atoms with Crippen molar-refractivity contribution in [3.05, 3.63) is 71.6 Å². The molecule has 2 N–H and O–H groups in total. The molecule has 152 valence electrons. The largest absolute Gasteiger partial charge is 0.495 e. The number of nitrogens with one attached hydrogen (secondary N) is 1. The molecule has 0 saturated heterocycles. The van der Waals surface area contributed by atoms with E-state index in [2.05, 4.69) is 15.3 Å². The first-order valence-corrected chi connectivity index (χ1v) is 10.2. The van der Waals surface area contributed by atoms with Gasteiger partial charge in [0.05, 0.1) is 24.8 Å². The number of hydrogen-bond donors (Lipinski definition) is 2. The minimum Gasteiger partial charge on any atom is -0.495 e. The van der Waals surface area contributed by atoms with Crippen LogP contribution in [-0.2, 0) is 0 Å². The van der Waals surface area contributed by atoms with E-state index < -0.39 is 6.23 Å². The zero-order chi connectivity index (χ0) is 21.0. The van der Waals surface area contributed by atoms with Crippen LogP contribution in [0.15, 0.2) is 53.9 Å². The van der Waals surface area contributed by atoms with Crippen molar-refractivity contribution in [2.75, 3.05) is 18.7 Å². The molecular weight excluding hydrogens is 391 g/mol. The first-order valence-electron chi connectivity index (χ1n) is 8.93. The second kappa shape index (κ2) is 9.11. The van der Waals surface area contributed by atoms with Gasteiger partial charge in [-0.2, -0.15) is 0 Å². The molecule has 0 spiro atoms. The molecule has 8 heteroatoms. The third-order valence-electron chi connectivity index (χ3n) is 4.35. The number of methoxy groups -OCH3 is 1. The number of amidine groups is 1. The van der Waals surface area contributed by atoms with Crippen LogP contribution in [0.5, 0.6) is 5.75 Å². The summed E-state index contributed by atoms with van der Waals surface area (Å²) in [6.07, 6.45) is 4.37. The lowest BCUT2D eigenvalue weighted by molar-refractivity contribution is 0.188. The van der Waals surface area contributed by atoms with Crippen LogP contribution in [0.4, 0.5) is 10.1 Å². The monoisotopic (exact) mass is 414 g/mol. The van der Waals surface area contributed by atoms with Gasteiger partial charge < -0.3 is 19.7 Å². The van der Waals surface area contributed by atoms with Gasteiger partial charge in [0.15, 0.2) is 11.4 Å². The van der Waals surface area contributed by atoms with Crippen molar-refractivity contribution >= 4 is 22.6 Å². The molecule has 1 aromatic heterocycles. The maximum atomic E-state index is 13.3. The second-order valence-corrected chi connectivity index (χ2v) is 7.24. The van der Waals surface area contributed by atoms with Crippen molar-refractivity contribution in [3.8, 4) is 11.4 Å². The van der Waals surface area contributed by atoms with E-state index in [1.165, 1.54) is 23.9 Å². The predicted molar refractivity (Wildman–Crippen MR) is 116 cm³/mol. The summed E-state index contributed by atoms with van der Waals surface area (Å²) in [7, 11) is 1.58. The van der Waals surface area contributed by atoms with Crippen molar-refractivity contribution in [1.82, 2.24) is 9.55 Å². The van der Waals surface area contributed by atoms with Gasteiger partial charge in [-0.25, -0.2) is 14.4 Å². The summed E-state index contributed by atoms with van der Waals surface area (Å²) in [6.45, 7) is 3.72. The molecule has 1 heterocycles. The van der Waals surface area contributed by atoms with Crippen molar-refractivity contribution in [3.63, 3.8) is 0 Å². The number of aliphatic imine (C=N–C) groups is 1. The van der Waals surface area contributed by atoms with Crippen LogP contribution in [0.25, 0.3) is 5.69 Å². The Kier molecular flexibility index (Phi) is 6.56. The number of aryl methyl sites for hydroxylation is 2. The third-order valence-corrected chi connectivity index (χ3v) is 4.95. The SMILES string of the molecule is COc1cc(C(O)N=C(Nc2ccc(F)cc2C)SC)ccc1-n1cnc(C)c1. The molecule has 1 atom stereocenters. The van der Waals surface area contributed by atoms with Crippen molar-refractivity contribution in [1.29, 1.82) is 0 Å². The molecule has 0 fully saturated rings. The Bertz CT molecular complexity index is 1040. The molecule has 29 heavy (non-hydrogen) atoms. The van der Waals surface area contributed by atoms with Crippen molar-refractivity contribution < 1.29 is 14.2 Å². The highest BCUT2D eigenvalue weighted by Gasteiger charge is 2.13. The molecule has 0 radical (unpaired) electrons. The number of nitrogens with zero attached hydrogens (tertiary/aromatic N) is 3. The van der Waals surface area contributed by atoms with Crippen molar-refractivity contribution in [2.24, 2.45) is 4.99 Å². The number of rotatable bonds is 5. The van der Waals surface area contributed by atoms with Gasteiger partial charge in [0.25, 0.3) is 0 Å². The van der Waals surface area contributed by atoms with Crippen LogP contribution in [0.3, 0.4) is 0 Å². The van der Waals surface area contributed by atoms with Crippen LogP contribution in [0.2, 0.25) is 0 Å². The van der Waals surface area contributed by atoms with Crippen LogP contribution in [0, 0.1) is 19.7 Å². The van der Waals surface area contributed by atoms with E-state index in [0.717, 1.165) is 22.6 Å². The van der Waals surface area contributed by atoms with Crippen LogP contribution in [0.1, 0.15) is 23.0 Å². The quantitative estimate of drug-likeness (QED) is 0.476. The van der Waals surface area contributed by atoms with E-state index in [1.54, 1.807) is 38.6 Å². The number of thioether (sulfide) groups is 1. The summed E-state index contributed by atoms with van der Waals surface area (Å²) >= 11 is 1.35. The Morgan fingerprint density at radius 2 is 2.07 bits per heavy atom. The van der Waals surface area contributed by atoms with Gasteiger partial charge in [0, 0.05) is 17.4 Å². The van der Waals surface area contributed by atoms with Crippen LogP contribution in [-0.4, -0.2) is 33.2 Å². The van der Waals surface area contributed by atoms with E-state index in [1.807, 2.05) is 30.0 Å². The Labute approximate surface area is 173 Å².